The summed E-state index contributed by atoms with van der Waals surface area (Å²) in [4.78, 5) is 10.2. The maximum Gasteiger partial charge on any atom is 0.249 e. The van der Waals surface area contributed by atoms with Crippen LogP contribution < -0.4 is 5.73 Å². The van der Waals surface area contributed by atoms with Gasteiger partial charge in [-0.15, -0.1) is 11.3 Å². The number of aromatic nitrogens is 2. The predicted octanol–water partition coefficient (Wildman–Crippen LogP) is 1.49. The van der Waals surface area contributed by atoms with Crippen molar-refractivity contribution in [2.75, 3.05) is 33.7 Å². The lowest BCUT2D eigenvalue weighted by atomic mass is 10.2. The highest BCUT2D eigenvalue weighted by Gasteiger charge is 2.28. The number of hydrogen-bond donors (Lipinski definition) is 1. The molecule has 0 bridgehead atoms. The van der Waals surface area contributed by atoms with Gasteiger partial charge in [0.1, 0.15) is 6.04 Å². The minimum atomic E-state index is -0.333. The molecule has 21 heavy (non-hydrogen) atoms. The zero-order valence-corrected chi connectivity index (χ0v) is 13.2. The van der Waals surface area contributed by atoms with Crippen LogP contribution in [-0.2, 0) is 0 Å². The lowest BCUT2D eigenvalue weighted by Crippen LogP contribution is -2.31. The first-order valence-electron chi connectivity index (χ1n) is 7.16. The van der Waals surface area contributed by atoms with Crippen LogP contribution in [0.1, 0.15) is 35.1 Å². The summed E-state index contributed by atoms with van der Waals surface area (Å²) in [5.74, 6) is 1.22. The SMILES string of the molecule is CN1CCCN(C)C(c2noc(C(N)c3cccs3)n2)C1. The fourth-order valence-corrected chi connectivity index (χ4v) is 3.37. The predicted molar refractivity (Wildman–Crippen MR) is 82.1 cm³/mol. The topological polar surface area (TPSA) is 71.4 Å². The molecule has 0 amide bonds. The van der Waals surface area contributed by atoms with E-state index in [2.05, 4.69) is 34.0 Å². The highest BCUT2D eigenvalue weighted by molar-refractivity contribution is 7.10. The van der Waals surface area contributed by atoms with E-state index in [4.69, 9.17) is 10.3 Å². The van der Waals surface area contributed by atoms with Gasteiger partial charge >= 0.3 is 0 Å². The van der Waals surface area contributed by atoms with Crippen LogP contribution in [0.3, 0.4) is 0 Å². The molecule has 2 aromatic heterocycles. The fourth-order valence-electron chi connectivity index (χ4n) is 2.65. The summed E-state index contributed by atoms with van der Waals surface area (Å²) in [6.45, 7) is 3.04. The van der Waals surface area contributed by atoms with Gasteiger partial charge in [0.2, 0.25) is 5.89 Å². The van der Waals surface area contributed by atoms with Gasteiger partial charge in [0, 0.05) is 11.4 Å². The van der Waals surface area contributed by atoms with Gasteiger partial charge in [0.25, 0.3) is 0 Å². The molecular formula is C14H21N5OS. The molecule has 0 spiro atoms. The van der Waals surface area contributed by atoms with Crippen molar-refractivity contribution < 1.29 is 4.52 Å². The van der Waals surface area contributed by atoms with Gasteiger partial charge in [-0.05, 0) is 45.1 Å². The van der Waals surface area contributed by atoms with Gasteiger partial charge in [0.05, 0.1) is 6.04 Å². The molecule has 1 fully saturated rings. The van der Waals surface area contributed by atoms with Crippen LogP contribution in [-0.4, -0.2) is 53.7 Å². The average molecular weight is 307 g/mol. The lowest BCUT2D eigenvalue weighted by Gasteiger charge is -2.24. The first kappa shape index (κ1) is 14.6. The summed E-state index contributed by atoms with van der Waals surface area (Å²) in [5, 5.41) is 6.17. The third-order valence-corrected chi connectivity index (χ3v) is 4.89. The molecule has 1 aliphatic heterocycles. The van der Waals surface area contributed by atoms with Crippen molar-refractivity contribution in [3.8, 4) is 0 Å². The third-order valence-electron chi connectivity index (χ3n) is 3.94. The van der Waals surface area contributed by atoms with Crippen LogP contribution in [0, 0.1) is 0 Å². The number of likely N-dealkylation sites (N-methyl/N-ethyl adjacent to an activating group) is 2. The Kier molecular flexibility index (Phi) is 4.34. The van der Waals surface area contributed by atoms with E-state index in [1.807, 2.05) is 17.5 Å². The zero-order valence-electron chi connectivity index (χ0n) is 12.4. The second-order valence-corrected chi connectivity index (χ2v) is 6.58. The molecule has 114 valence electrons. The van der Waals surface area contributed by atoms with E-state index >= 15 is 0 Å². The van der Waals surface area contributed by atoms with Crippen LogP contribution >= 0.6 is 11.3 Å². The van der Waals surface area contributed by atoms with Crippen molar-refractivity contribution in [2.24, 2.45) is 5.73 Å². The first-order chi connectivity index (χ1) is 10.1. The van der Waals surface area contributed by atoms with E-state index in [0.717, 1.165) is 36.8 Å². The smallest absolute Gasteiger partial charge is 0.249 e. The highest BCUT2D eigenvalue weighted by atomic mass is 32.1. The molecule has 7 heteroatoms. The minimum Gasteiger partial charge on any atom is -0.337 e. The molecule has 3 rings (SSSR count). The monoisotopic (exact) mass is 307 g/mol. The number of nitrogens with zero attached hydrogens (tertiary/aromatic N) is 4. The van der Waals surface area contributed by atoms with Crippen molar-refractivity contribution in [2.45, 2.75) is 18.5 Å². The quantitative estimate of drug-likeness (QED) is 0.926. The largest absolute Gasteiger partial charge is 0.337 e. The minimum absolute atomic E-state index is 0.158. The Morgan fingerprint density at radius 3 is 3.05 bits per heavy atom. The van der Waals surface area contributed by atoms with Crippen LogP contribution in [0.5, 0.6) is 0 Å². The lowest BCUT2D eigenvalue weighted by molar-refractivity contribution is 0.214. The Hall–Kier alpha value is -1.28. The molecule has 1 saturated heterocycles. The maximum absolute atomic E-state index is 6.19. The molecule has 6 nitrogen and oxygen atoms in total. The molecule has 2 atom stereocenters. The normalized spacial score (nSPS) is 23.1. The van der Waals surface area contributed by atoms with Crippen LogP contribution in [0.4, 0.5) is 0 Å². The van der Waals surface area contributed by atoms with Gasteiger partial charge in [-0.2, -0.15) is 4.98 Å². The van der Waals surface area contributed by atoms with Gasteiger partial charge in [-0.25, -0.2) is 0 Å². The number of thiophene rings is 1. The molecular weight excluding hydrogens is 286 g/mol. The van der Waals surface area contributed by atoms with Crippen molar-refractivity contribution in [3.63, 3.8) is 0 Å². The number of hydrogen-bond acceptors (Lipinski definition) is 7. The molecule has 0 aromatic carbocycles. The summed E-state index contributed by atoms with van der Waals surface area (Å²) in [5.41, 5.74) is 6.19. The Morgan fingerprint density at radius 2 is 2.29 bits per heavy atom. The Morgan fingerprint density at radius 1 is 1.43 bits per heavy atom. The summed E-state index contributed by atoms with van der Waals surface area (Å²) in [6, 6.07) is 3.79. The molecule has 0 aliphatic carbocycles. The second-order valence-electron chi connectivity index (χ2n) is 5.60. The number of rotatable bonds is 3. The van der Waals surface area contributed by atoms with Gasteiger partial charge in [-0.1, -0.05) is 11.2 Å². The highest BCUT2D eigenvalue weighted by Crippen LogP contribution is 2.25. The van der Waals surface area contributed by atoms with Gasteiger partial charge in [0.15, 0.2) is 5.82 Å². The van der Waals surface area contributed by atoms with E-state index in [9.17, 15) is 0 Å². The van der Waals surface area contributed by atoms with Gasteiger partial charge < -0.3 is 15.2 Å². The van der Waals surface area contributed by atoms with E-state index in [1.54, 1.807) is 11.3 Å². The Labute approximate surface area is 128 Å². The second kappa shape index (κ2) is 6.23. The summed E-state index contributed by atoms with van der Waals surface area (Å²) < 4.78 is 5.40. The molecule has 0 radical (unpaired) electrons. The van der Waals surface area contributed by atoms with Crippen molar-refractivity contribution in [1.29, 1.82) is 0 Å². The fraction of sp³-hybridized carbons (Fsp3) is 0.571. The molecule has 3 heterocycles. The number of nitrogens with two attached hydrogens (primary N) is 1. The average Bonchev–Trinajstić information content (AvgIpc) is 3.12. The first-order valence-corrected chi connectivity index (χ1v) is 8.04. The molecule has 2 unspecified atom stereocenters. The summed E-state index contributed by atoms with van der Waals surface area (Å²) in [7, 11) is 4.24. The zero-order chi connectivity index (χ0) is 14.8. The van der Waals surface area contributed by atoms with Crippen LogP contribution in [0.2, 0.25) is 0 Å². The van der Waals surface area contributed by atoms with Crippen LogP contribution in [0.15, 0.2) is 22.0 Å². The Balaban J connectivity index is 1.80. The van der Waals surface area contributed by atoms with Crippen LogP contribution in [0.25, 0.3) is 0 Å². The van der Waals surface area contributed by atoms with Gasteiger partial charge in [-0.3, -0.25) is 4.90 Å². The van der Waals surface area contributed by atoms with Crippen molar-refractivity contribution >= 4 is 11.3 Å². The van der Waals surface area contributed by atoms with E-state index < -0.39 is 0 Å². The molecule has 1 aliphatic rings. The van der Waals surface area contributed by atoms with E-state index in [0.29, 0.717) is 5.89 Å². The third kappa shape index (κ3) is 3.16. The van der Waals surface area contributed by atoms with E-state index in [1.165, 1.54) is 0 Å². The molecule has 2 aromatic rings. The Bertz CT molecular complexity index is 570. The maximum atomic E-state index is 6.19. The standard InChI is InChI=1S/C14H21N5OS/c1-18-6-4-7-19(2)10(9-18)13-16-14(20-17-13)12(15)11-5-3-8-21-11/h3,5,8,10,12H,4,6-7,9,15H2,1-2H3. The van der Waals surface area contributed by atoms with Crippen molar-refractivity contribution in [3.05, 3.63) is 34.1 Å². The van der Waals surface area contributed by atoms with Crippen molar-refractivity contribution in [1.82, 2.24) is 19.9 Å². The summed E-state index contributed by atoms with van der Waals surface area (Å²) in [6.07, 6.45) is 1.16. The van der Waals surface area contributed by atoms with E-state index in [-0.39, 0.29) is 12.1 Å². The summed E-state index contributed by atoms with van der Waals surface area (Å²) >= 11 is 1.60. The molecule has 0 saturated carbocycles. The molecule has 2 N–H and O–H groups in total.